The molecule has 0 aliphatic carbocycles. The highest BCUT2D eigenvalue weighted by molar-refractivity contribution is 7.85. The molecule has 0 fully saturated rings. The Morgan fingerprint density at radius 1 is 1.38 bits per heavy atom. The Balaban J connectivity index is 5.08. The molecule has 0 aromatic rings. The summed E-state index contributed by atoms with van der Waals surface area (Å²) in [6, 6.07) is 0. The average molecular weight is 254 g/mol. The van der Waals surface area contributed by atoms with E-state index in [0.29, 0.717) is 6.54 Å². The zero-order valence-corrected chi connectivity index (χ0v) is 10.9. The van der Waals surface area contributed by atoms with E-state index in [0.717, 1.165) is 0 Å². The molecule has 0 rings (SSSR count). The van der Waals surface area contributed by atoms with Crippen LogP contribution in [0.2, 0.25) is 0 Å². The Labute approximate surface area is 96.2 Å². The summed E-state index contributed by atoms with van der Waals surface area (Å²) in [6.45, 7) is 3.87. The van der Waals surface area contributed by atoms with E-state index < -0.39 is 27.4 Å². The predicted molar refractivity (Wildman–Crippen MR) is 59.7 cm³/mol. The summed E-state index contributed by atoms with van der Waals surface area (Å²) >= 11 is 0. The van der Waals surface area contributed by atoms with Crippen molar-refractivity contribution in [2.75, 3.05) is 26.4 Å². The van der Waals surface area contributed by atoms with Gasteiger partial charge in [-0.15, -0.1) is 0 Å². The van der Waals surface area contributed by atoms with Crippen molar-refractivity contribution < 1.29 is 27.4 Å². The lowest BCUT2D eigenvalue weighted by Crippen LogP contribution is -2.62. The van der Waals surface area contributed by atoms with Crippen LogP contribution in [0.3, 0.4) is 0 Å². The molecule has 0 spiro atoms. The van der Waals surface area contributed by atoms with Crippen LogP contribution < -0.4 is 0 Å². The second-order valence-corrected chi connectivity index (χ2v) is 6.19. The van der Waals surface area contributed by atoms with Crippen molar-refractivity contribution in [1.82, 2.24) is 0 Å². The van der Waals surface area contributed by atoms with Crippen molar-refractivity contribution in [1.29, 1.82) is 0 Å². The number of carboxylic acids is 1. The molecule has 2 N–H and O–H groups in total. The summed E-state index contributed by atoms with van der Waals surface area (Å²) in [6.07, 6.45) is -0.123. The van der Waals surface area contributed by atoms with Gasteiger partial charge in [-0.25, -0.2) is 4.79 Å². The molecule has 7 heteroatoms. The van der Waals surface area contributed by atoms with Crippen molar-refractivity contribution in [2.45, 2.75) is 25.8 Å². The summed E-state index contributed by atoms with van der Waals surface area (Å²) in [5, 5.41) is 9.20. The standard InChI is InChI=1S/C9H19NO5S/c1-5-10(3,4)9(2,8(11)12)6-7-16(13,14)15/h5-7H2,1-4H3,(H-,11,12,13,14,15)/p+1. The smallest absolute Gasteiger partial charge is 0.365 e. The van der Waals surface area contributed by atoms with Crippen LogP contribution in [0.5, 0.6) is 0 Å². The molecule has 0 amide bonds. The van der Waals surface area contributed by atoms with Gasteiger partial charge in [-0.05, 0) is 6.92 Å². The predicted octanol–water partition coefficient (Wildman–Crippen LogP) is 0.204. The van der Waals surface area contributed by atoms with Crippen molar-refractivity contribution in [3.63, 3.8) is 0 Å². The number of quaternary nitrogens is 1. The largest absolute Gasteiger partial charge is 0.477 e. The van der Waals surface area contributed by atoms with Gasteiger partial charge in [0.05, 0.1) is 26.4 Å². The maximum Gasteiger partial charge on any atom is 0.365 e. The van der Waals surface area contributed by atoms with Gasteiger partial charge in [-0.3, -0.25) is 4.55 Å². The maximum absolute atomic E-state index is 11.3. The number of nitrogens with zero attached hydrogens (tertiary/aromatic N) is 1. The second-order valence-electron chi connectivity index (χ2n) is 4.62. The van der Waals surface area contributed by atoms with E-state index in [2.05, 4.69) is 0 Å². The number of carbonyl (C=O) groups is 1. The van der Waals surface area contributed by atoms with Gasteiger partial charge in [-0.1, -0.05) is 0 Å². The molecule has 0 aromatic heterocycles. The monoisotopic (exact) mass is 254 g/mol. The minimum atomic E-state index is -4.13. The summed E-state index contributed by atoms with van der Waals surface area (Å²) < 4.78 is 30.2. The highest BCUT2D eigenvalue weighted by atomic mass is 32.2. The lowest BCUT2D eigenvalue weighted by molar-refractivity contribution is -0.928. The lowest BCUT2D eigenvalue weighted by Gasteiger charge is -2.42. The van der Waals surface area contributed by atoms with Crippen molar-refractivity contribution in [2.24, 2.45) is 0 Å². The maximum atomic E-state index is 11.3. The molecule has 0 aliphatic heterocycles. The van der Waals surface area contributed by atoms with E-state index in [1.54, 1.807) is 14.1 Å². The van der Waals surface area contributed by atoms with Crippen LogP contribution >= 0.6 is 0 Å². The van der Waals surface area contributed by atoms with Crippen molar-refractivity contribution >= 4 is 16.1 Å². The van der Waals surface area contributed by atoms with Crippen LogP contribution in [0.25, 0.3) is 0 Å². The second kappa shape index (κ2) is 4.68. The third-order valence-electron chi connectivity index (χ3n) is 3.43. The lowest BCUT2D eigenvalue weighted by atomic mass is 9.94. The Kier molecular flexibility index (Phi) is 4.49. The topological polar surface area (TPSA) is 91.7 Å². The first-order chi connectivity index (χ1) is 6.96. The zero-order chi connectivity index (χ0) is 13.2. The van der Waals surface area contributed by atoms with Crippen LogP contribution in [-0.2, 0) is 14.9 Å². The van der Waals surface area contributed by atoms with Gasteiger partial charge in [0.25, 0.3) is 10.1 Å². The minimum Gasteiger partial charge on any atom is -0.477 e. The molecule has 16 heavy (non-hydrogen) atoms. The van der Waals surface area contributed by atoms with Crippen LogP contribution in [0.15, 0.2) is 0 Å². The highest BCUT2D eigenvalue weighted by Gasteiger charge is 2.47. The fourth-order valence-electron chi connectivity index (χ4n) is 1.35. The van der Waals surface area contributed by atoms with Crippen LogP contribution in [-0.4, -0.2) is 60.5 Å². The Hall–Kier alpha value is -0.660. The molecule has 0 aromatic carbocycles. The SMILES string of the molecule is CC[N+](C)(C)C(C)(CCS(=O)(=O)O)C(=O)O. The molecule has 0 radical (unpaired) electrons. The molecular weight excluding hydrogens is 234 g/mol. The van der Waals surface area contributed by atoms with Crippen molar-refractivity contribution in [3.05, 3.63) is 0 Å². The summed E-state index contributed by atoms with van der Waals surface area (Å²) in [7, 11) is -0.692. The van der Waals surface area contributed by atoms with E-state index in [4.69, 9.17) is 4.55 Å². The molecule has 1 atom stereocenters. The van der Waals surface area contributed by atoms with Crippen LogP contribution in [0.1, 0.15) is 20.3 Å². The first kappa shape index (κ1) is 15.3. The van der Waals surface area contributed by atoms with E-state index in [1.807, 2.05) is 6.92 Å². The van der Waals surface area contributed by atoms with Gasteiger partial charge in [0.15, 0.2) is 5.54 Å². The molecule has 0 bridgehead atoms. The molecule has 0 heterocycles. The molecule has 0 saturated heterocycles. The quantitative estimate of drug-likeness (QED) is 0.522. The number of rotatable bonds is 6. The normalized spacial score (nSPS) is 16.8. The van der Waals surface area contributed by atoms with Gasteiger partial charge < -0.3 is 9.59 Å². The number of aliphatic carboxylic acids is 1. The van der Waals surface area contributed by atoms with Gasteiger partial charge in [-0.2, -0.15) is 8.42 Å². The highest BCUT2D eigenvalue weighted by Crippen LogP contribution is 2.25. The van der Waals surface area contributed by atoms with Crippen molar-refractivity contribution in [3.8, 4) is 0 Å². The Bertz CT molecular complexity index is 362. The summed E-state index contributed by atoms with van der Waals surface area (Å²) in [4.78, 5) is 11.3. The van der Waals surface area contributed by atoms with E-state index in [-0.39, 0.29) is 10.9 Å². The summed E-state index contributed by atoms with van der Waals surface area (Å²) in [5.74, 6) is -1.61. The van der Waals surface area contributed by atoms with Gasteiger partial charge >= 0.3 is 5.97 Å². The number of carboxylic acid groups (broad SMARTS) is 1. The fraction of sp³-hybridized carbons (Fsp3) is 0.889. The van der Waals surface area contributed by atoms with Gasteiger partial charge in [0, 0.05) is 13.3 Å². The molecule has 0 saturated carbocycles. The van der Waals surface area contributed by atoms with E-state index in [9.17, 15) is 18.3 Å². The van der Waals surface area contributed by atoms with E-state index in [1.165, 1.54) is 6.92 Å². The molecule has 1 unspecified atom stereocenters. The fourth-order valence-corrected chi connectivity index (χ4v) is 2.00. The minimum absolute atomic E-state index is 0.123. The number of likely N-dealkylation sites (N-methyl/N-ethyl adjacent to an activating group) is 1. The third-order valence-corrected chi connectivity index (χ3v) is 4.15. The third kappa shape index (κ3) is 3.43. The summed E-state index contributed by atoms with van der Waals surface area (Å²) in [5.41, 5.74) is -1.23. The molecular formula is C9H20NO5S+. The molecule has 6 nitrogen and oxygen atoms in total. The molecule has 96 valence electrons. The van der Waals surface area contributed by atoms with E-state index >= 15 is 0 Å². The first-order valence-corrected chi connectivity index (χ1v) is 6.59. The van der Waals surface area contributed by atoms with Crippen LogP contribution in [0, 0.1) is 0 Å². The average Bonchev–Trinajstić information content (AvgIpc) is 2.12. The van der Waals surface area contributed by atoms with Gasteiger partial charge in [0.1, 0.15) is 0 Å². The molecule has 0 aliphatic rings. The first-order valence-electron chi connectivity index (χ1n) is 4.98. The Morgan fingerprint density at radius 2 is 1.81 bits per heavy atom. The zero-order valence-electron chi connectivity index (χ0n) is 10.1. The van der Waals surface area contributed by atoms with Gasteiger partial charge in [0.2, 0.25) is 0 Å². The van der Waals surface area contributed by atoms with Crippen LogP contribution in [0.4, 0.5) is 0 Å². The number of hydrogen-bond donors (Lipinski definition) is 2. The Morgan fingerprint density at radius 3 is 2.06 bits per heavy atom. The number of hydrogen-bond acceptors (Lipinski definition) is 3.